The van der Waals surface area contributed by atoms with Gasteiger partial charge in [-0.2, -0.15) is 0 Å². The number of nitrogens with one attached hydrogen (secondary N) is 2. The number of rotatable bonds is 1. The molecule has 0 aliphatic heterocycles. The van der Waals surface area contributed by atoms with Crippen molar-refractivity contribution in [2.75, 3.05) is 0 Å². The number of imidazole rings is 1. The van der Waals surface area contributed by atoms with Crippen molar-refractivity contribution in [3.05, 3.63) is 34.2 Å². The minimum absolute atomic E-state index is 0.133. The van der Waals surface area contributed by atoms with Crippen molar-refractivity contribution in [3.63, 3.8) is 0 Å². The lowest BCUT2D eigenvalue weighted by molar-refractivity contribution is 1.14. The normalized spacial score (nSPS) is 10.8. The van der Waals surface area contributed by atoms with Crippen molar-refractivity contribution in [3.8, 4) is 0 Å². The molecule has 0 bridgehead atoms. The first-order valence-corrected chi connectivity index (χ1v) is 4.01. The number of aromatic amines is 2. The van der Waals surface area contributed by atoms with E-state index in [2.05, 4.69) is 16.9 Å². The largest absolute Gasteiger partial charge is 0.323 e. The van der Waals surface area contributed by atoms with Gasteiger partial charge in [0.05, 0.1) is 11.0 Å². The maximum atomic E-state index is 10.9. The summed E-state index contributed by atoms with van der Waals surface area (Å²) in [6.45, 7) is 2.07. The third-order valence-electron chi connectivity index (χ3n) is 2.02. The number of aromatic nitrogens is 2. The Balaban J connectivity index is 2.87. The van der Waals surface area contributed by atoms with Crippen LogP contribution in [0.25, 0.3) is 11.0 Å². The molecule has 2 rings (SSSR count). The Bertz CT molecular complexity index is 453. The van der Waals surface area contributed by atoms with Gasteiger partial charge in [0, 0.05) is 0 Å². The Morgan fingerprint density at radius 1 is 1.33 bits per heavy atom. The molecule has 0 radical (unpaired) electrons. The maximum Gasteiger partial charge on any atom is 0.323 e. The molecule has 2 aromatic rings. The second-order valence-corrected chi connectivity index (χ2v) is 2.77. The van der Waals surface area contributed by atoms with Crippen LogP contribution in [-0.2, 0) is 6.42 Å². The Kier molecular flexibility index (Phi) is 1.50. The smallest absolute Gasteiger partial charge is 0.306 e. The highest BCUT2D eigenvalue weighted by atomic mass is 16.1. The van der Waals surface area contributed by atoms with Gasteiger partial charge < -0.3 is 9.97 Å². The van der Waals surface area contributed by atoms with Crippen LogP contribution in [0.4, 0.5) is 0 Å². The lowest BCUT2D eigenvalue weighted by atomic mass is 10.1. The van der Waals surface area contributed by atoms with E-state index < -0.39 is 0 Å². The summed E-state index contributed by atoms with van der Waals surface area (Å²) >= 11 is 0. The summed E-state index contributed by atoms with van der Waals surface area (Å²) in [5.41, 5.74) is 2.86. The minimum Gasteiger partial charge on any atom is -0.306 e. The predicted octanol–water partition coefficient (Wildman–Crippen LogP) is 1.42. The number of fused-ring (bicyclic) bond motifs is 1. The highest BCUT2D eigenvalue weighted by molar-refractivity contribution is 5.77. The summed E-state index contributed by atoms with van der Waals surface area (Å²) in [5, 5.41) is 0. The fourth-order valence-electron chi connectivity index (χ4n) is 1.41. The molecule has 12 heavy (non-hydrogen) atoms. The monoisotopic (exact) mass is 162 g/mol. The molecule has 0 saturated heterocycles. The van der Waals surface area contributed by atoms with E-state index in [4.69, 9.17) is 0 Å². The van der Waals surface area contributed by atoms with Gasteiger partial charge in [0.15, 0.2) is 0 Å². The second kappa shape index (κ2) is 2.52. The molecular formula is C9H10N2O. The molecule has 3 nitrogen and oxygen atoms in total. The summed E-state index contributed by atoms with van der Waals surface area (Å²) in [4.78, 5) is 16.4. The van der Waals surface area contributed by atoms with Crippen LogP contribution in [0.2, 0.25) is 0 Å². The Labute approximate surface area is 69.4 Å². The summed E-state index contributed by atoms with van der Waals surface area (Å²) in [6.07, 6.45) is 0.936. The van der Waals surface area contributed by atoms with E-state index in [0.29, 0.717) is 0 Å². The average molecular weight is 162 g/mol. The molecule has 1 aromatic carbocycles. The molecule has 1 heterocycles. The lowest BCUT2D eigenvalue weighted by Gasteiger charge is -1.95. The maximum absolute atomic E-state index is 10.9. The molecule has 0 spiro atoms. The van der Waals surface area contributed by atoms with E-state index in [1.165, 1.54) is 5.56 Å². The van der Waals surface area contributed by atoms with E-state index in [1.54, 1.807) is 0 Å². The number of H-pyrrole nitrogens is 2. The zero-order valence-electron chi connectivity index (χ0n) is 6.85. The molecule has 0 amide bonds. The molecule has 0 atom stereocenters. The van der Waals surface area contributed by atoms with Crippen LogP contribution >= 0.6 is 0 Å². The Morgan fingerprint density at radius 2 is 2.17 bits per heavy atom. The third kappa shape index (κ3) is 0.942. The number of aryl methyl sites for hydroxylation is 1. The van der Waals surface area contributed by atoms with Gasteiger partial charge >= 0.3 is 5.69 Å². The van der Waals surface area contributed by atoms with E-state index in [1.807, 2.05) is 18.2 Å². The first-order chi connectivity index (χ1) is 5.81. The van der Waals surface area contributed by atoms with E-state index in [0.717, 1.165) is 17.5 Å². The van der Waals surface area contributed by atoms with Gasteiger partial charge in [-0.05, 0) is 18.1 Å². The zero-order chi connectivity index (χ0) is 8.55. The fourth-order valence-corrected chi connectivity index (χ4v) is 1.41. The van der Waals surface area contributed by atoms with Gasteiger partial charge in [0.2, 0.25) is 0 Å². The first-order valence-electron chi connectivity index (χ1n) is 4.01. The molecule has 2 N–H and O–H groups in total. The highest BCUT2D eigenvalue weighted by Crippen LogP contribution is 2.12. The van der Waals surface area contributed by atoms with Crippen molar-refractivity contribution < 1.29 is 0 Å². The molecule has 0 saturated carbocycles. The number of hydrogen-bond acceptors (Lipinski definition) is 1. The zero-order valence-corrected chi connectivity index (χ0v) is 6.85. The Hall–Kier alpha value is -1.51. The molecule has 0 unspecified atom stereocenters. The standard InChI is InChI=1S/C9H10N2O/c1-2-6-4-3-5-7-8(6)11-9(12)10-7/h3-5H,2H2,1H3,(H2,10,11,12). The molecule has 1 aromatic heterocycles. The van der Waals surface area contributed by atoms with Crippen molar-refractivity contribution in [1.29, 1.82) is 0 Å². The van der Waals surface area contributed by atoms with E-state index in [9.17, 15) is 4.79 Å². The van der Waals surface area contributed by atoms with E-state index >= 15 is 0 Å². The lowest BCUT2D eigenvalue weighted by Crippen LogP contribution is -1.99. The molecule has 0 aliphatic carbocycles. The van der Waals surface area contributed by atoms with Gasteiger partial charge in [-0.1, -0.05) is 19.1 Å². The molecule has 62 valence electrons. The van der Waals surface area contributed by atoms with Gasteiger partial charge in [-0.15, -0.1) is 0 Å². The summed E-state index contributed by atoms with van der Waals surface area (Å²) in [7, 11) is 0. The van der Waals surface area contributed by atoms with Crippen molar-refractivity contribution in [2.24, 2.45) is 0 Å². The van der Waals surface area contributed by atoms with Gasteiger partial charge in [0.25, 0.3) is 0 Å². The molecule has 0 aliphatic rings. The average Bonchev–Trinajstić information content (AvgIpc) is 2.44. The molecular weight excluding hydrogens is 152 g/mol. The quantitative estimate of drug-likeness (QED) is 0.654. The first kappa shape index (κ1) is 7.16. The van der Waals surface area contributed by atoms with Crippen LogP contribution in [-0.4, -0.2) is 9.97 Å². The second-order valence-electron chi connectivity index (χ2n) is 2.77. The molecule has 3 heteroatoms. The van der Waals surface area contributed by atoms with Gasteiger partial charge in [0.1, 0.15) is 0 Å². The minimum atomic E-state index is -0.133. The molecule has 0 fully saturated rings. The van der Waals surface area contributed by atoms with Crippen molar-refractivity contribution >= 4 is 11.0 Å². The SMILES string of the molecule is CCc1cccc2[nH]c(=O)[nH]c12. The van der Waals surface area contributed by atoms with Crippen LogP contribution in [0.1, 0.15) is 12.5 Å². The topological polar surface area (TPSA) is 48.6 Å². The number of para-hydroxylation sites is 1. The number of benzene rings is 1. The Morgan fingerprint density at radius 3 is 2.92 bits per heavy atom. The van der Waals surface area contributed by atoms with Crippen molar-refractivity contribution in [2.45, 2.75) is 13.3 Å². The van der Waals surface area contributed by atoms with Crippen LogP contribution in [0.5, 0.6) is 0 Å². The predicted molar refractivity (Wildman–Crippen MR) is 48.3 cm³/mol. The highest BCUT2D eigenvalue weighted by Gasteiger charge is 2.00. The van der Waals surface area contributed by atoms with Gasteiger partial charge in [-0.3, -0.25) is 0 Å². The van der Waals surface area contributed by atoms with Crippen LogP contribution in [0, 0.1) is 0 Å². The third-order valence-corrected chi connectivity index (χ3v) is 2.02. The summed E-state index contributed by atoms with van der Waals surface area (Å²) in [5.74, 6) is 0. The van der Waals surface area contributed by atoms with Crippen LogP contribution in [0.15, 0.2) is 23.0 Å². The van der Waals surface area contributed by atoms with Crippen LogP contribution < -0.4 is 5.69 Å². The number of hydrogen-bond donors (Lipinski definition) is 2. The van der Waals surface area contributed by atoms with E-state index in [-0.39, 0.29) is 5.69 Å². The summed E-state index contributed by atoms with van der Waals surface area (Å²) < 4.78 is 0. The van der Waals surface area contributed by atoms with Gasteiger partial charge in [-0.25, -0.2) is 4.79 Å². The summed E-state index contributed by atoms with van der Waals surface area (Å²) in [6, 6.07) is 5.86. The van der Waals surface area contributed by atoms with Crippen molar-refractivity contribution in [1.82, 2.24) is 9.97 Å². The fraction of sp³-hybridized carbons (Fsp3) is 0.222. The van der Waals surface area contributed by atoms with Crippen LogP contribution in [0.3, 0.4) is 0 Å².